The lowest BCUT2D eigenvalue weighted by Crippen LogP contribution is -2.52. The monoisotopic (exact) mass is 577 g/mol. The van der Waals surface area contributed by atoms with E-state index in [1.54, 1.807) is 41.0 Å². The summed E-state index contributed by atoms with van der Waals surface area (Å²) in [7, 11) is -3.73. The number of aliphatic hydroxyl groups is 1. The van der Waals surface area contributed by atoms with Crippen molar-refractivity contribution >= 4 is 33.4 Å². The Hall–Kier alpha value is -2.86. The van der Waals surface area contributed by atoms with E-state index in [1.807, 2.05) is 0 Å². The first-order valence-electron chi connectivity index (χ1n) is 13.8. The number of amides is 1. The molecule has 12 heteroatoms. The zero-order valence-corrected chi connectivity index (χ0v) is 24.0. The Balaban J connectivity index is 1.53. The number of halogens is 2. The number of aromatic nitrogens is 2. The van der Waals surface area contributed by atoms with Crippen LogP contribution in [0.2, 0.25) is 0 Å². The molecule has 0 radical (unpaired) electrons. The summed E-state index contributed by atoms with van der Waals surface area (Å²) in [5.41, 5.74) is 2.04. The third kappa shape index (κ3) is 5.79. The van der Waals surface area contributed by atoms with Crippen molar-refractivity contribution in [2.45, 2.75) is 70.6 Å². The standard InChI is InChI=1S/C28H37F2N5O4S/c1-19-16-23(32-25(31-19)34-12-10-28(29,30)11-13-34)35-18-27(8-6-26(2,3)7-9-27)22-17-20(4-5-21(22)24(35)37)33-40(38,39)15-14-36/h4-5,16-17,33,36H,6-15,18H2,1-3H3. The maximum absolute atomic E-state index is 13.9. The number of hydrogen-bond donors (Lipinski definition) is 2. The molecule has 218 valence electrons. The number of benzene rings is 1. The van der Waals surface area contributed by atoms with Gasteiger partial charge in [0.1, 0.15) is 5.82 Å². The van der Waals surface area contributed by atoms with Gasteiger partial charge >= 0.3 is 0 Å². The third-order valence-electron chi connectivity index (χ3n) is 8.60. The van der Waals surface area contributed by atoms with Gasteiger partial charge in [0.25, 0.3) is 11.8 Å². The number of rotatable bonds is 6. The van der Waals surface area contributed by atoms with Crippen molar-refractivity contribution in [3.05, 3.63) is 41.1 Å². The second-order valence-corrected chi connectivity index (χ2v) is 14.1. The lowest BCUT2D eigenvalue weighted by Gasteiger charge is -2.49. The van der Waals surface area contributed by atoms with Crippen molar-refractivity contribution in [1.29, 1.82) is 0 Å². The molecule has 1 saturated heterocycles. The van der Waals surface area contributed by atoms with Crippen LogP contribution in [0.4, 0.5) is 26.2 Å². The van der Waals surface area contributed by atoms with E-state index in [1.165, 1.54) is 0 Å². The number of carbonyl (C=O) groups is 1. The normalized spacial score (nSPS) is 21.8. The first-order chi connectivity index (χ1) is 18.7. The van der Waals surface area contributed by atoms with Gasteiger partial charge in [-0.1, -0.05) is 13.8 Å². The molecule has 3 heterocycles. The van der Waals surface area contributed by atoms with E-state index >= 15 is 0 Å². The fourth-order valence-corrected chi connectivity index (χ4v) is 6.89. The van der Waals surface area contributed by atoms with Crippen LogP contribution in [-0.4, -0.2) is 67.3 Å². The molecular formula is C28H37F2N5O4S. The molecular weight excluding hydrogens is 540 g/mol. The largest absolute Gasteiger partial charge is 0.395 e. The molecule has 1 aromatic heterocycles. The number of nitrogens with one attached hydrogen (secondary N) is 1. The van der Waals surface area contributed by atoms with Gasteiger partial charge in [-0.15, -0.1) is 0 Å². The Labute approximate surface area is 234 Å². The molecule has 3 aliphatic rings. The van der Waals surface area contributed by atoms with Crippen molar-refractivity contribution in [2.24, 2.45) is 5.41 Å². The molecule has 40 heavy (non-hydrogen) atoms. The molecule has 1 spiro atoms. The molecule has 2 aliphatic heterocycles. The number of nitrogens with zero attached hydrogens (tertiary/aromatic N) is 4. The predicted molar refractivity (Wildman–Crippen MR) is 150 cm³/mol. The number of anilines is 3. The Morgan fingerprint density at radius 2 is 1.70 bits per heavy atom. The van der Waals surface area contributed by atoms with Crippen LogP contribution >= 0.6 is 0 Å². The zero-order valence-electron chi connectivity index (χ0n) is 23.2. The van der Waals surface area contributed by atoms with Gasteiger partial charge in [-0.2, -0.15) is 4.98 Å². The molecule has 1 aliphatic carbocycles. The smallest absolute Gasteiger partial charge is 0.259 e. The summed E-state index contributed by atoms with van der Waals surface area (Å²) < 4.78 is 54.8. The van der Waals surface area contributed by atoms with Gasteiger partial charge in [0, 0.05) is 60.9 Å². The van der Waals surface area contributed by atoms with E-state index in [0.29, 0.717) is 35.3 Å². The molecule has 1 aromatic carbocycles. The summed E-state index contributed by atoms with van der Waals surface area (Å²) in [6.45, 7) is 6.42. The van der Waals surface area contributed by atoms with E-state index in [0.717, 1.165) is 31.2 Å². The number of fused-ring (bicyclic) bond motifs is 2. The van der Waals surface area contributed by atoms with Crippen molar-refractivity contribution in [3.63, 3.8) is 0 Å². The molecule has 0 bridgehead atoms. The quantitative estimate of drug-likeness (QED) is 0.527. The summed E-state index contributed by atoms with van der Waals surface area (Å²) in [6.07, 6.45) is 2.96. The summed E-state index contributed by atoms with van der Waals surface area (Å²) in [5.74, 6) is -2.57. The van der Waals surface area contributed by atoms with Crippen LogP contribution < -0.4 is 14.5 Å². The molecule has 2 aromatic rings. The van der Waals surface area contributed by atoms with E-state index in [4.69, 9.17) is 10.1 Å². The number of hydrogen-bond acceptors (Lipinski definition) is 7. The third-order valence-corrected chi connectivity index (χ3v) is 9.87. The Morgan fingerprint density at radius 3 is 2.35 bits per heavy atom. The highest BCUT2D eigenvalue weighted by atomic mass is 32.2. The average molecular weight is 578 g/mol. The molecule has 5 rings (SSSR count). The van der Waals surface area contributed by atoms with E-state index < -0.39 is 33.7 Å². The van der Waals surface area contributed by atoms with Gasteiger partial charge in [-0.05, 0) is 61.8 Å². The van der Waals surface area contributed by atoms with Gasteiger partial charge in [-0.3, -0.25) is 14.4 Å². The lowest BCUT2D eigenvalue weighted by molar-refractivity contribution is -0.0222. The van der Waals surface area contributed by atoms with Gasteiger partial charge in [0.05, 0.1) is 12.4 Å². The summed E-state index contributed by atoms with van der Waals surface area (Å²) in [4.78, 5) is 26.6. The molecule has 1 saturated carbocycles. The molecule has 2 N–H and O–H groups in total. The second-order valence-electron chi connectivity index (χ2n) is 12.3. The minimum atomic E-state index is -3.73. The van der Waals surface area contributed by atoms with Gasteiger partial charge in [-0.25, -0.2) is 22.2 Å². The first kappa shape index (κ1) is 28.7. The van der Waals surface area contributed by atoms with Crippen LogP contribution in [0, 0.1) is 12.3 Å². The van der Waals surface area contributed by atoms with Crippen molar-refractivity contribution < 1.29 is 27.1 Å². The fourth-order valence-electron chi connectivity index (χ4n) is 6.06. The number of aliphatic hydroxyl groups excluding tert-OH is 1. The molecule has 1 amide bonds. The second kappa shape index (κ2) is 10.2. The molecule has 0 atom stereocenters. The minimum Gasteiger partial charge on any atom is -0.395 e. The topological polar surface area (TPSA) is 116 Å². The summed E-state index contributed by atoms with van der Waals surface area (Å²) in [5, 5.41) is 9.12. The zero-order chi connectivity index (χ0) is 28.9. The van der Waals surface area contributed by atoms with Crippen molar-refractivity contribution in [3.8, 4) is 0 Å². The Morgan fingerprint density at radius 1 is 1.02 bits per heavy atom. The highest BCUT2D eigenvalue weighted by molar-refractivity contribution is 7.92. The lowest BCUT2D eigenvalue weighted by atomic mass is 9.60. The van der Waals surface area contributed by atoms with Crippen LogP contribution in [0.25, 0.3) is 0 Å². The van der Waals surface area contributed by atoms with Crippen LogP contribution in [0.3, 0.4) is 0 Å². The van der Waals surface area contributed by atoms with Crippen molar-refractivity contribution in [2.75, 3.05) is 46.5 Å². The van der Waals surface area contributed by atoms with Gasteiger partial charge in [0.15, 0.2) is 0 Å². The Bertz CT molecular complexity index is 1400. The molecule has 2 fully saturated rings. The SMILES string of the molecule is Cc1cc(N2CC3(CCC(C)(C)CC3)c3cc(NS(=O)(=O)CCO)ccc3C2=O)nc(N2CCC(F)(F)CC2)n1. The highest BCUT2D eigenvalue weighted by Gasteiger charge is 2.47. The maximum Gasteiger partial charge on any atom is 0.259 e. The Kier molecular flexibility index (Phi) is 7.31. The van der Waals surface area contributed by atoms with Gasteiger partial charge < -0.3 is 10.0 Å². The van der Waals surface area contributed by atoms with Crippen molar-refractivity contribution in [1.82, 2.24) is 9.97 Å². The molecule has 0 unspecified atom stereocenters. The number of carbonyl (C=O) groups excluding carboxylic acids is 1. The number of piperidine rings is 1. The number of sulfonamides is 1. The van der Waals surface area contributed by atoms with E-state index in [-0.39, 0.29) is 37.3 Å². The van der Waals surface area contributed by atoms with Crippen LogP contribution in [-0.2, 0) is 15.4 Å². The summed E-state index contributed by atoms with van der Waals surface area (Å²) >= 11 is 0. The summed E-state index contributed by atoms with van der Waals surface area (Å²) in [6, 6.07) is 6.75. The predicted octanol–water partition coefficient (Wildman–Crippen LogP) is 4.25. The van der Waals surface area contributed by atoms with Crippen LogP contribution in [0.15, 0.2) is 24.3 Å². The highest BCUT2D eigenvalue weighted by Crippen LogP contribution is 2.51. The molecule has 9 nitrogen and oxygen atoms in total. The average Bonchev–Trinajstić information content (AvgIpc) is 2.87. The van der Waals surface area contributed by atoms with Crippen LogP contribution in [0.5, 0.6) is 0 Å². The van der Waals surface area contributed by atoms with Crippen LogP contribution in [0.1, 0.15) is 74.0 Å². The fraction of sp³-hybridized carbons (Fsp3) is 0.607. The van der Waals surface area contributed by atoms with E-state index in [9.17, 15) is 22.0 Å². The van der Waals surface area contributed by atoms with E-state index in [2.05, 4.69) is 23.6 Å². The first-order valence-corrected chi connectivity index (χ1v) is 15.4. The number of alkyl halides is 2. The minimum absolute atomic E-state index is 0.140. The maximum atomic E-state index is 13.9. The number of aryl methyl sites for hydroxylation is 1. The van der Waals surface area contributed by atoms with Gasteiger partial charge in [0.2, 0.25) is 16.0 Å².